The molecule has 1 aliphatic rings. The molecule has 1 saturated carbocycles. The minimum atomic E-state index is -0.614. The van der Waals surface area contributed by atoms with Crippen LogP contribution in [0.25, 0.3) is 0 Å². The van der Waals surface area contributed by atoms with Gasteiger partial charge >= 0.3 is 5.97 Å². The Labute approximate surface area is 94.4 Å². The summed E-state index contributed by atoms with van der Waals surface area (Å²) in [5.41, 5.74) is 0.133. The van der Waals surface area contributed by atoms with E-state index in [1.54, 1.807) is 6.07 Å². The van der Waals surface area contributed by atoms with E-state index in [-0.39, 0.29) is 11.8 Å². The molecular formula is C13H15FO2. The van der Waals surface area contributed by atoms with E-state index >= 15 is 0 Å². The summed E-state index contributed by atoms with van der Waals surface area (Å²) >= 11 is 0. The lowest BCUT2D eigenvalue weighted by molar-refractivity contribution is -0.147. The van der Waals surface area contributed by atoms with Crippen molar-refractivity contribution in [2.75, 3.05) is 7.11 Å². The Morgan fingerprint density at radius 3 is 2.62 bits per heavy atom. The van der Waals surface area contributed by atoms with Crippen molar-refractivity contribution in [2.24, 2.45) is 0 Å². The van der Waals surface area contributed by atoms with Crippen LogP contribution in [-0.4, -0.2) is 13.1 Å². The van der Waals surface area contributed by atoms with Gasteiger partial charge in [-0.1, -0.05) is 25.0 Å². The van der Waals surface area contributed by atoms with Crippen molar-refractivity contribution in [3.63, 3.8) is 0 Å². The Hall–Kier alpha value is -1.38. The zero-order valence-corrected chi connectivity index (χ0v) is 9.33. The van der Waals surface area contributed by atoms with Crippen molar-refractivity contribution in [1.82, 2.24) is 0 Å². The quantitative estimate of drug-likeness (QED) is 0.719. The molecule has 3 heteroatoms. The maximum atomic E-state index is 13.2. The van der Waals surface area contributed by atoms with Crippen molar-refractivity contribution in [1.29, 1.82) is 0 Å². The van der Waals surface area contributed by atoms with Gasteiger partial charge in [-0.25, -0.2) is 4.39 Å². The highest BCUT2D eigenvalue weighted by atomic mass is 19.1. The fourth-order valence-electron chi connectivity index (χ4n) is 2.57. The monoisotopic (exact) mass is 222 g/mol. The lowest BCUT2D eigenvalue weighted by Gasteiger charge is -2.26. The fourth-order valence-corrected chi connectivity index (χ4v) is 2.57. The smallest absolute Gasteiger partial charge is 0.316 e. The highest BCUT2D eigenvalue weighted by molar-refractivity contribution is 5.83. The standard InChI is InChI=1S/C13H15FO2/c1-16-12(15)13(7-2-3-8-13)10-5-4-6-11(14)9-10/h4-6,9H,2-3,7-8H2,1H3. The van der Waals surface area contributed by atoms with Gasteiger partial charge in [0.05, 0.1) is 12.5 Å². The Morgan fingerprint density at radius 1 is 1.38 bits per heavy atom. The van der Waals surface area contributed by atoms with Gasteiger partial charge in [0, 0.05) is 0 Å². The Balaban J connectivity index is 2.43. The van der Waals surface area contributed by atoms with Crippen LogP contribution in [0.15, 0.2) is 24.3 Å². The molecule has 1 fully saturated rings. The number of benzene rings is 1. The predicted octanol–water partition coefficient (Wildman–Crippen LogP) is 2.81. The SMILES string of the molecule is COC(=O)C1(c2cccc(F)c2)CCCC1. The van der Waals surface area contributed by atoms with Crippen molar-refractivity contribution in [2.45, 2.75) is 31.1 Å². The highest BCUT2D eigenvalue weighted by Crippen LogP contribution is 2.42. The van der Waals surface area contributed by atoms with Gasteiger partial charge in [0.1, 0.15) is 5.82 Å². The Morgan fingerprint density at radius 2 is 2.06 bits per heavy atom. The van der Waals surface area contributed by atoms with Crippen LogP contribution in [0.3, 0.4) is 0 Å². The van der Waals surface area contributed by atoms with Gasteiger partial charge in [0.2, 0.25) is 0 Å². The first kappa shape index (κ1) is 11.1. The molecule has 16 heavy (non-hydrogen) atoms. The van der Waals surface area contributed by atoms with E-state index in [1.165, 1.54) is 19.2 Å². The first-order chi connectivity index (χ1) is 7.69. The first-order valence-corrected chi connectivity index (χ1v) is 5.53. The van der Waals surface area contributed by atoms with E-state index in [1.807, 2.05) is 6.07 Å². The molecule has 1 aromatic rings. The van der Waals surface area contributed by atoms with E-state index in [0.717, 1.165) is 31.2 Å². The molecule has 0 atom stereocenters. The molecule has 2 rings (SSSR count). The van der Waals surface area contributed by atoms with E-state index in [9.17, 15) is 9.18 Å². The summed E-state index contributed by atoms with van der Waals surface area (Å²) in [6, 6.07) is 6.30. The van der Waals surface area contributed by atoms with Gasteiger partial charge < -0.3 is 4.74 Å². The largest absolute Gasteiger partial charge is 0.468 e. The molecule has 0 radical (unpaired) electrons. The molecule has 2 nitrogen and oxygen atoms in total. The topological polar surface area (TPSA) is 26.3 Å². The van der Waals surface area contributed by atoms with Gasteiger partial charge in [-0.3, -0.25) is 4.79 Å². The third-order valence-corrected chi connectivity index (χ3v) is 3.41. The van der Waals surface area contributed by atoms with Crippen LogP contribution in [0.1, 0.15) is 31.2 Å². The normalized spacial score (nSPS) is 18.4. The van der Waals surface area contributed by atoms with Crippen LogP contribution in [0.2, 0.25) is 0 Å². The summed E-state index contributed by atoms with van der Waals surface area (Å²) in [5.74, 6) is -0.539. The van der Waals surface area contributed by atoms with Crippen molar-refractivity contribution in [3.8, 4) is 0 Å². The molecule has 86 valence electrons. The van der Waals surface area contributed by atoms with Crippen LogP contribution >= 0.6 is 0 Å². The number of ether oxygens (including phenoxy) is 1. The van der Waals surface area contributed by atoms with Crippen molar-refractivity contribution in [3.05, 3.63) is 35.6 Å². The van der Waals surface area contributed by atoms with Crippen LogP contribution in [0.5, 0.6) is 0 Å². The van der Waals surface area contributed by atoms with Crippen molar-refractivity contribution < 1.29 is 13.9 Å². The second-order valence-electron chi connectivity index (χ2n) is 4.29. The molecule has 0 N–H and O–H groups in total. The van der Waals surface area contributed by atoms with Crippen LogP contribution in [0, 0.1) is 5.82 Å². The number of hydrogen-bond donors (Lipinski definition) is 0. The molecule has 0 amide bonds. The number of rotatable bonds is 2. The molecule has 0 unspecified atom stereocenters. The minimum Gasteiger partial charge on any atom is -0.468 e. The van der Waals surface area contributed by atoms with E-state index < -0.39 is 5.41 Å². The highest BCUT2D eigenvalue weighted by Gasteiger charge is 2.43. The van der Waals surface area contributed by atoms with E-state index in [0.29, 0.717) is 0 Å². The molecular weight excluding hydrogens is 207 g/mol. The number of hydrogen-bond acceptors (Lipinski definition) is 2. The predicted molar refractivity (Wildman–Crippen MR) is 58.6 cm³/mol. The van der Waals surface area contributed by atoms with E-state index in [4.69, 9.17) is 4.74 Å². The molecule has 0 bridgehead atoms. The number of esters is 1. The van der Waals surface area contributed by atoms with Gasteiger partial charge in [-0.05, 0) is 30.5 Å². The third kappa shape index (κ3) is 1.70. The van der Waals surface area contributed by atoms with E-state index in [2.05, 4.69) is 0 Å². The minimum absolute atomic E-state index is 0.240. The molecule has 0 spiro atoms. The maximum Gasteiger partial charge on any atom is 0.316 e. The van der Waals surface area contributed by atoms with Crippen LogP contribution < -0.4 is 0 Å². The summed E-state index contributed by atoms with van der Waals surface area (Å²) in [6.07, 6.45) is 3.49. The van der Waals surface area contributed by atoms with Crippen molar-refractivity contribution >= 4 is 5.97 Å². The van der Waals surface area contributed by atoms with Crippen LogP contribution in [-0.2, 0) is 14.9 Å². The summed E-state index contributed by atoms with van der Waals surface area (Å²) in [5, 5.41) is 0. The lowest BCUT2D eigenvalue weighted by atomic mass is 9.79. The average Bonchev–Trinajstić information content (AvgIpc) is 2.78. The number of methoxy groups -OCH3 is 1. The van der Waals surface area contributed by atoms with Gasteiger partial charge in [-0.15, -0.1) is 0 Å². The molecule has 1 aliphatic carbocycles. The molecule has 0 aromatic heterocycles. The first-order valence-electron chi connectivity index (χ1n) is 5.53. The second kappa shape index (κ2) is 4.24. The molecule has 0 aliphatic heterocycles. The fraction of sp³-hybridized carbons (Fsp3) is 0.462. The molecule has 0 heterocycles. The number of carbonyl (C=O) groups is 1. The van der Waals surface area contributed by atoms with Gasteiger partial charge in [0.15, 0.2) is 0 Å². The van der Waals surface area contributed by atoms with Gasteiger partial charge in [0.25, 0.3) is 0 Å². The second-order valence-corrected chi connectivity index (χ2v) is 4.29. The van der Waals surface area contributed by atoms with Crippen LogP contribution in [0.4, 0.5) is 4.39 Å². The lowest BCUT2D eigenvalue weighted by Crippen LogP contribution is -2.34. The molecule has 1 aromatic carbocycles. The Bertz CT molecular complexity index is 395. The maximum absolute atomic E-state index is 13.2. The number of halogens is 1. The summed E-state index contributed by atoms with van der Waals surface area (Å²) in [4.78, 5) is 11.9. The zero-order chi connectivity index (χ0) is 11.6. The summed E-state index contributed by atoms with van der Waals surface area (Å²) < 4.78 is 18.1. The molecule has 0 saturated heterocycles. The van der Waals surface area contributed by atoms with Gasteiger partial charge in [-0.2, -0.15) is 0 Å². The third-order valence-electron chi connectivity index (χ3n) is 3.41. The average molecular weight is 222 g/mol. The Kier molecular flexibility index (Phi) is 2.95. The zero-order valence-electron chi connectivity index (χ0n) is 9.33. The number of carbonyl (C=O) groups excluding carboxylic acids is 1. The summed E-state index contributed by atoms with van der Waals surface area (Å²) in [7, 11) is 1.39. The summed E-state index contributed by atoms with van der Waals surface area (Å²) in [6.45, 7) is 0.